The molecule has 0 aromatic carbocycles. The summed E-state index contributed by atoms with van der Waals surface area (Å²) in [4.78, 5) is 17.8. The Morgan fingerprint density at radius 3 is 2.78 bits per heavy atom. The summed E-state index contributed by atoms with van der Waals surface area (Å²) in [5.74, 6) is 0.976. The van der Waals surface area contributed by atoms with E-state index in [1.807, 2.05) is 35.0 Å². The molecule has 0 N–H and O–H groups in total. The van der Waals surface area contributed by atoms with Crippen LogP contribution in [0, 0.1) is 0 Å². The number of anilines is 1. The Hall–Kier alpha value is -2.29. The molecule has 7 nitrogen and oxygen atoms in total. The van der Waals surface area contributed by atoms with E-state index in [0.29, 0.717) is 0 Å². The summed E-state index contributed by atoms with van der Waals surface area (Å²) in [5, 5.41) is 9.42. The smallest absolute Gasteiger partial charge is 0.169 e. The van der Waals surface area contributed by atoms with Crippen molar-refractivity contribution in [2.24, 2.45) is 0 Å². The number of fused-ring (bicyclic) bond motifs is 1. The summed E-state index contributed by atoms with van der Waals surface area (Å²) in [6, 6.07) is 7.84. The fraction of sp³-hybridized carbons (Fsp3) is 0.421. The van der Waals surface area contributed by atoms with Gasteiger partial charge in [-0.25, -0.2) is 14.5 Å². The highest BCUT2D eigenvalue weighted by Gasteiger charge is 2.21. The topological polar surface area (TPSA) is 63.0 Å². The van der Waals surface area contributed by atoms with Gasteiger partial charge in [-0.1, -0.05) is 6.92 Å². The molecule has 0 aliphatic carbocycles. The van der Waals surface area contributed by atoms with Crippen LogP contribution in [0.5, 0.6) is 0 Å². The fourth-order valence-corrected chi connectivity index (χ4v) is 4.14. The van der Waals surface area contributed by atoms with Crippen LogP contribution in [0.25, 0.3) is 16.2 Å². The maximum absolute atomic E-state index is 11.6. The molecule has 0 bridgehead atoms. The van der Waals surface area contributed by atoms with E-state index in [9.17, 15) is 4.79 Å². The van der Waals surface area contributed by atoms with Gasteiger partial charge in [-0.3, -0.25) is 9.80 Å². The van der Waals surface area contributed by atoms with Gasteiger partial charge >= 0.3 is 0 Å². The van der Waals surface area contributed by atoms with Gasteiger partial charge < -0.3 is 4.74 Å². The Kier molecular flexibility index (Phi) is 5.20. The number of aromatic nitrogens is 3. The van der Waals surface area contributed by atoms with Gasteiger partial charge in [-0.05, 0) is 37.6 Å². The molecular formula is C19H23N5O2S. The number of hydrogen-bond acceptors (Lipinski definition) is 7. The maximum Gasteiger partial charge on any atom is 0.169 e. The average molecular weight is 385 g/mol. The number of carbonyl (C=O) groups is 1. The number of rotatable bonds is 6. The Bertz CT molecular complexity index is 945. The molecule has 8 heteroatoms. The van der Waals surface area contributed by atoms with Gasteiger partial charge in [0.15, 0.2) is 17.2 Å². The number of carbonyl (C=O) groups excluding carboxylic acids is 1. The molecular weight excluding hydrogens is 362 g/mol. The Morgan fingerprint density at radius 2 is 2.07 bits per heavy atom. The minimum Gasteiger partial charge on any atom is -0.379 e. The van der Waals surface area contributed by atoms with E-state index in [2.05, 4.69) is 21.9 Å². The van der Waals surface area contributed by atoms with Crippen LogP contribution in [0.4, 0.5) is 5.82 Å². The van der Waals surface area contributed by atoms with Crippen molar-refractivity contribution in [1.82, 2.24) is 19.6 Å². The molecule has 1 aliphatic rings. The molecule has 0 saturated carbocycles. The first-order valence-electron chi connectivity index (χ1n) is 9.23. The fourth-order valence-electron chi connectivity index (χ4n) is 3.24. The highest BCUT2D eigenvalue weighted by molar-refractivity contribution is 7.17. The lowest BCUT2D eigenvalue weighted by atomic mass is 10.3. The molecule has 0 spiro atoms. The summed E-state index contributed by atoms with van der Waals surface area (Å²) in [5.41, 5.74) is 1.70. The minimum absolute atomic E-state index is 0.0788. The normalized spacial score (nSPS) is 15.3. The third-order valence-corrected chi connectivity index (χ3v) is 5.79. The zero-order valence-corrected chi connectivity index (χ0v) is 16.4. The molecule has 27 heavy (non-hydrogen) atoms. The van der Waals surface area contributed by atoms with Crippen LogP contribution in [-0.4, -0.2) is 58.2 Å². The van der Waals surface area contributed by atoms with Crippen molar-refractivity contribution >= 4 is 28.6 Å². The summed E-state index contributed by atoms with van der Waals surface area (Å²) >= 11 is 1.48. The third kappa shape index (κ3) is 3.60. The largest absolute Gasteiger partial charge is 0.379 e. The predicted molar refractivity (Wildman–Crippen MR) is 106 cm³/mol. The standard InChI is InChI=1S/C19H23N5O2S/c1-3-8-23(22-9-11-26-12-10-22)19-7-6-18-20-13-15(24(18)21-19)17-5-4-16(27-17)14(2)25/h4-7,13H,3,8-12H2,1-2H3. The highest BCUT2D eigenvalue weighted by Crippen LogP contribution is 2.29. The van der Waals surface area contributed by atoms with E-state index in [4.69, 9.17) is 9.84 Å². The zero-order valence-electron chi connectivity index (χ0n) is 15.6. The molecule has 1 aliphatic heterocycles. The summed E-state index contributed by atoms with van der Waals surface area (Å²) in [6.45, 7) is 7.86. The van der Waals surface area contributed by atoms with Gasteiger partial charge in [0, 0.05) is 19.6 Å². The molecule has 1 fully saturated rings. The van der Waals surface area contributed by atoms with Crippen molar-refractivity contribution < 1.29 is 9.53 Å². The molecule has 4 heterocycles. The minimum atomic E-state index is 0.0788. The third-order valence-electron chi connectivity index (χ3n) is 4.58. The number of nitrogens with zero attached hydrogens (tertiary/aromatic N) is 5. The van der Waals surface area contributed by atoms with E-state index >= 15 is 0 Å². The van der Waals surface area contributed by atoms with E-state index in [-0.39, 0.29) is 5.78 Å². The molecule has 1 saturated heterocycles. The summed E-state index contributed by atoms with van der Waals surface area (Å²) in [6.07, 6.45) is 2.85. The van der Waals surface area contributed by atoms with E-state index in [1.54, 1.807) is 6.92 Å². The van der Waals surface area contributed by atoms with Crippen LogP contribution in [0.15, 0.2) is 30.5 Å². The summed E-state index contributed by atoms with van der Waals surface area (Å²) < 4.78 is 7.36. The van der Waals surface area contributed by atoms with Gasteiger partial charge in [0.25, 0.3) is 0 Å². The van der Waals surface area contributed by atoms with Gasteiger partial charge in [-0.15, -0.1) is 16.4 Å². The molecule has 4 rings (SSSR count). The Labute approximate surface area is 162 Å². The van der Waals surface area contributed by atoms with Crippen LogP contribution in [0.2, 0.25) is 0 Å². The van der Waals surface area contributed by atoms with Crippen LogP contribution in [0.3, 0.4) is 0 Å². The second kappa shape index (κ2) is 7.75. The van der Waals surface area contributed by atoms with Crippen molar-refractivity contribution in [1.29, 1.82) is 0 Å². The first-order chi connectivity index (χ1) is 13.2. The molecule has 0 atom stereocenters. The number of thiophene rings is 1. The van der Waals surface area contributed by atoms with Gasteiger partial charge in [0.05, 0.1) is 29.2 Å². The number of morpholine rings is 1. The van der Waals surface area contributed by atoms with Crippen LogP contribution in [-0.2, 0) is 4.74 Å². The van der Waals surface area contributed by atoms with Crippen molar-refractivity contribution in [2.75, 3.05) is 37.9 Å². The number of imidazole rings is 1. The van der Waals surface area contributed by atoms with Crippen molar-refractivity contribution in [3.63, 3.8) is 0 Å². The molecule has 0 radical (unpaired) electrons. The SMILES string of the molecule is CCCN(c1ccc2ncc(-c3ccc(C(C)=O)s3)n2n1)N1CCOCC1. The number of hydrogen-bond donors (Lipinski definition) is 0. The monoisotopic (exact) mass is 385 g/mol. The Morgan fingerprint density at radius 1 is 1.26 bits per heavy atom. The number of ether oxygens (including phenoxy) is 1. The Balaban J connectivity index is 1.72. The number of ketones is 1. The second-order valence-corrected chi connectivity index (χ2v) is 7.60. The van der Waals surface area contributed by atoms with Crippen LogP contribution >= 0.6 is 11.3 Å². The average Bonchev–Trinajstić information content (AvgIpc) is 3.33. The lowest BCUT2D eigenvalue weighted by Crippen LogP contribution is -2.49. The maximum atomic E-state index is 11.6. The van der Waals surface area contributed by atoms with Crippen molar-refractivity contribution in [2.45, 2.75) is 20.3 Å². The second-order valence-electron chi connectivity index (χ2n) is 6.51. The quantitative estimate of drug-likeness (QED) is 0.608. The lowest BCUT2D eigenvalue weighted by molar-refractivity contribution is 0.0311. The molecule has 0 amide bonds. The van der Waals surface area contributed by atoms with Gasteiger partial charge in [0.1, 0.15) is 5.69 Å². The predicted octanol–water partition coefficient (Wildman–Crippen LogP) is 3.12. The van der Waals surface area contributed by atoms with Gasteiger partial charge in [0.2, 0.25) is 0 Å². The van der Waals surface area contributed by atoms with Crippen molar-refractivity contribution in [3.05, 3.63) is 35.3 Å². The molecule has 0 unspecified atom stereocenters. The van der Waals surface area contributed by atoms with Crippen molar-refractivity contribution in [3.8, 4) is 10.6 Å². The molecule has 3 aromatic rings. The van der Waals surface area contributed by atoms with E-state index in [0.717, 1.165) is 66.2 Å². The van der Waals surface area contributed by atoms with Crippen LogP contribution in [0.1, 0.15) is 29.9 Å². The van der Waals surface area contributed by atoms with E-state index < -0.39 is 0 Å². The lowest BCUT2D eigenvalue weighted by Gasteiger charge is -2.37. The van der Waals surface area contributed by atoms with Crippen LogP contribution < -0.4 is 5.01 Å². The molecule has 3 aromatic heterocycles. The zero-order chi connectivity index (χ0) is 18.8. The number of hydrazine groups is 1. The molecule has 142 valence electrons. The number of Topliss-reactive ketones (excluding diaryl/α,β-unsaturated/α-hetero) is 1. The first-order valence-corrected chi connectivity index (χ1v) is 10.0. The van der Waals surface area contributed by atoms with Gasteiger partial charge in [-0.2, -0.15) is 0 Å². The highest BCUT2D eigenvalue weighted by atomic mass is 32.1. The first kappa shape index (κ1) is 18.1. The summed E-state index contributed by atoms with van der Waals surface area (Å²) in [7, 11) is 0. The van der Waals surface area contributed by atoms with E-state index in [1.165, 1.54) is 11.3 Å².